The molecule has 100 valence electrons. The number of hydrogen-bond donors (Lipinski definition) is 1. The zero-order valence-corrected chi connectivity index (χ0v) is 12.2. The van der Waals surface area contributed by atoms with Gasteiger partial charge in [0, 0.05) is 29.2 Å². The molecule has 0 aliphatic rings. The predicted molar refractivity (Wildman–Crippen MR) is 78.4 cm³/mol. The van der Waals surface area contributed by atoms with Crippen molar-refractivity contribution in [2.75, 3.05) is 0 Å². The van der Waals surface area contributed by atoms with Gasteiger partial charge in [-0.05, 0) is 18.2 Å². The zero-order chi connectivity index (χ0) is 13.8. The first-order valence-electron chi connectivity index (χ1n) is 5.66. The van der Waals surface area contributed by atoms with Gasteiger partial charge in [-0.2, -0.15) is 0 Å². The van der Waals surface area contributed by atoms with Gasteiger partial charge in [0.05, 0.1) is 10.0 Å². The Morgan fingerprint density at radius 3 is 2.32 bits per heavy atom. The van der Waals surface area contributed by atoms with E-state index in [1.54, 1.807) is 30.3 Å². The van der Waals surface area contributed by atoms with Crippen molar-refractivity contribution in [2.45, 2.75) is 13.1 Å². The highest BCUT2D eigenvalue weighted by Gasteiger charge is 2.09. The second-order valence-electron chi connectivity index (χ2n) is 4.02. The molecule has 0 aliphatic carbocycles. The molecule has 0 heterocycles. The first-order valence-corrected chi connectivity index (χ1v) is 6.79. The molecule has 1 nitrogen and oxygen atoms in total. The van der Waals surface area contributed by atoms with Crippen molar-refractivity contribution in [2.24, 2.45) is 0 Å². The van der Waals surface area contributed by atoms with E-state index in [4.69, 9.17) is 34.8 Å². The molecule has 5 heteroatoms. The van der Waals surface area contributed by atoms with Crippen LogP contribution in [0.3, 0.4) is 0 Å². The van der Waals surface area contributed by atoms with Crippen LogP contribution in [0.2, 0.25) is 15.1 Å². The Morgan fingerprint density at radius 1 is 0.895 bits per heavy atom. The van der Waals surface area contributed by atoms with Crippen molar-refractivity contribution in [3.63, 3.8) is 0 Å². The molecule has 19 heavy (non-hydrogen) atoms. The number of benzene rings is 2. The van der Waals surface area contributed by atoms with Crippen LogP contribution < -0.4 is 5.32 Å². The lowest BCUT2D eigenvalue weighted by Crippen LogP contribution is -2.14. The molecule has 0 radical (unpaired) electrons. The van der Waals surface area contributed by atoms with Gasteiger partial charge in [-0.3, -0.25) is 0 Å². The fraction of sp³-hybridized carbons (Fsp3) is 0.143. The van der Waals surface area contributed by atoms with E-state index in [0.29, 0.717) is 39.3 Å². The van der Waals surface area contributed by atoms with Crippen LogP contribution in [-0.2, 0) is 13.1 Å². The van der Waals surface area contributed by atoms with Crippen molar-refractivity contribution in [3.8, 4) is 0 Å². The smallest absolute Gasteiger partial charge is 0.127 e. The molecule has 0 unspecified atom stereocenters. The summed E-state index contributed by atoms with van der Waals surface area (Å²) in [6, 6.07) is 9.94. The van der Waals surface area contributed by atoms with Gasteiger partial charge in [-0.15, -0.1) is 0 Å². The molecular formula is C14H11Cl3FN. The average molecular weight is 319 g/mol. The van der Waals surface area contributed by atoms with E-state index in [9.17, 15) is 4.39 Å². The minimum absolute atomic E-state index is 0.238. The van der Waals surface area contributed by atoms with Gasteiger partial charge in [0.2, 0.25) is 0 Å². The van der Waals surface area contributed by atoms with Crippen LogP contribution in [0.15, 0.2) is 36.4 Å². The topological polar surface area (TPSA) is 12.0 Å². The Kier molecular flexibility index (Phi) is 5.06. The van der Waals surface area contributed by atoms with Crippen LogP contribution in [0.1, 0.15) is 11.1 Å². The Morgan fingerprint density at radius 2 is 1.58 bits per heavy atom. The summed E-state index contributed by atoms with van der Waals surface area (Å²) >= 11 is 18.1. The molecule has 0 bridgehead atoms. The average Bonchev–Trinajstić information content (AvgIpc) is 2.40. The SMILES string of the molecule is Fc1ccccc1CNCc1c(Cl)ccc(Cl)c1Cl. The molecule has 2 rings (SSSR count). The van der Waals surface area contributed by atoms with Gasteiger partial charge in [0.25, 0.3) is 0 Å². The third kappa shape index (κ3) is 3.61. The summed E-state index contributed by atoms with van der Waals surface area (Å²) in [6.45, 7) is 0.818. The van der Waals surface area contributed by atoms with Crippen molar-refractivity contribution >= 4 is 34.8 Å². The van der Waals surface area contributed by atoms with Gasteiger partial charge in [0.1, 0.15) is 5.82 Å². The quantitative estimate of drug-likeness (QED) is 0.776. The van der Waals surface area contributed by atoms with Crippen molar-refractivity contribution in [1.29, 1.82) is 0 Å². The largest absolute Gasteiger partial charge is 0.308 e. The first-order chi connectivity index (χ1) is 9.09. The maximum atomic E-state index is 13.4. The molecule has 0 spiro atoms. The fourth-order valence-corrected chi connectivity index (χ4v) is 2.38. The maximum Gasteiger partial charge on any atom is 0.127 e. The number of hydrogen-bond acceptors (Lipinski definition) is 1. The molecule has 1 N–H and O–H groups in total. The Bertz CT molecular complexity index is 587. The van der Waals surface area contributed by atoms with Crippen LogP contribution in [0.5, 0.6) is 0 Å². The highest BCUT2D eigenvalue weighted by molar-refractivity contribution is 6.44. The molecule has 0 saturated carbocycles. The lowest BCUT2D eigenvalue weighted by atomic mass is 10.2. The second kappa shape index (κ2) is 6.58. The molecule has 0 amide bonds. The van der Waals surface area contributed by atoms with Gasteiger partial charge < -0.3 is 5.32 Å². The minimum Gasteiger partial charge on any atom is -0.308 e. The van der Waals surface area contributed by atoms with Crippen molar-refractivity contribution in [1.82, 2.24) is 5.32 Å². The lowest BCUT2D eigenvalue weighted by Gasteiger charge is -2.10. The molecule has 0 atom stereocenters. The third-order valence-corrected chi connectivity index (χ3v) is 3.91. The summed E-state index contributed by atoms with van der Waals surface area (Å²) in [4.78, 5) is 0. The maximum absolute atomic E-state index is 13.4. The van der Waals surface area contributed by atoms with E-state index < -0.39 is 0 Å². The Balaban J connectivity index is 2.04. The van der Waals surface area contributed by atoms with Crippen molar-refractivity contribution in [3.05, 3.63) is 68.4 Å². The first kappa shape index (κ1) is 14.6. The van der Waals surface area contributed by atoms with E-state index >= 15 is 0 Å². The monoisotopic (exact) mass is 317 g/mol. The molecule has 2 aromatic rings. The Labute approximate surface area is 126 Å². The van der Waals surface area contributed by atoms with E-state index in [1.165, 1.54) is 6.07 Å². The van der Waals surface area contributed by atoms with Crippen LogP contribution in [-0.4, -0.2) is 0 Å². The molecule has 2 aromatic carbocycles. The number of rotatable bonds is 4. The summed E-state index contributed by atoms with van der Waals surface area (Å²) in [5.74, 6) is -0.238. The van der Waals surface area contributed by atoms with Crippen LogP contribution >= 0.6 is 34.8 Å². The van der Waals surface area contributed by atoms with Gasteiger partial charge >= 0.3 is 0 Å². The summed E-state index contributed by atoms with van der Waals surface area (Å²) in [5.41, 5.74) is 1.31. The lowest BCUT2D eigenvalue weighted by molar-refractivity contribution is 0.588. The highest BCUT2D eigenvalue weighted by Crippen LogP contribution is 2.31. The van der Waals surface area contributed by atoms with Crippen LogP contribution in [0.25, 0.3) is 0 Å². The van der Waals surface area contributed by atoms with Crippen LogP contribution in [0.4, 0.5) is 4.39 Å². The summed E-state index contributed by atoms with van der Waals surface area (Å²) in [7, 11) is 0. The van der Waals surface area contributed by atoms with E-state index in [2.05, 4.69) is 5.32 Å². The Hall–Kier alpha value is -0.800. The number of halogens is 4. The molecule has 0 aromatic heterocycles. The van der Waals surface area contributed by atoms with Gasteiger partial charge in [-0.25, -0.2) is 4.39 Å². The normalized spacial score (nSPS) is 10.7. The predicted octanol–water partition coefficient (Wildman–Crippen LogP) is 5.08. The second-order valence-corrected chi connectivity index (χ2v) is 5.21. The minimum atomic E-state index is -0.238. The third-order valence-electron chi connectivity index (χ3n) is 2.71. The highest BCUT2D eigenvalue weighted by atomic mass is 35.5. The van der Waals surface area contributed by atoms with Crippen molar-refractivity contribution < 1.29 is 4.39 Å². The van der Waals surface area contributed by atoms with Gasteiger partial charge in [0.15, 0.2) is 0 Å². The summed E-state index contributed by atoms with van der Waals surface area (Å²) in [6.07, 6.45) is 0. The zero-order valence-electron chi connectivity index (χ0n) is 9.89. The van der Waals surface area contributed by atoms with Gasteiger partial charge in [-0.1, -0.05) is 53.0 Å². The molecular weight excluding hydrogens is 308 g/mol. The van der Waals surface area contributed by atoms with E-state index in [-0.39, 0.29) is 5.82 Å². The molecule has 0 fully saturated rings. The molecule has 0 aliphatic heterocycles. The molecule has 0 saturated heterocycles. The summed E-state index contributed by atoms with van der Waals surface area (Å²) < 4.78 is 13.4. The fourth-order valence-electron chi connectivity index (χ4n) is 1.70. The number of nitrogens with one attached hydrogen (secondary N) is 1. The van der Waals surface area contributed by atoms with E-state index in [0.717, 1.165) is 0 Å². The summed E-state index contributed by atoms with van der Waals surface area (Å²) in [5, 5.41) is 4.52. The standard InChI is InChI=1S/C14H11Cl3FN/c15-11-5-6-12(16)14(17)10(11)8-19-7-9-3-1-2-4-13(9)18/h1-6,19H,7-8H2. The van der Waals surface area contributed by atoms with Crippen LogP contribution in [0, 0.1) is 5.82 Å². The van der Waals surface area contributed by atoms with E-state index in [1.807, 2.05) is 0 Å².